The maximum absolute atomic E-state index is 13.6. The van der Waals surface area contributed by atoms with Gasteiger partial charge in [0, 0.05) is 32.1 Å². The first kappa shape index (κ1) is 26.2. The highest BCUT2D eigenvalue weighted by Gasteiger charge is 2.13. The largest absolute Gasteiger partial charge is 0.383 e. The van der Waals surface area contributed by atoms with Gasteiger partial charge in [0.15, 0.2) is 5.13 Å². The van der Waals surface area contributed by atoms with Gasteiger partial charge in [-0.25, -0.2) is 9.37 Å². The number of aromatic nitrogens is 1. The summed E-state index contributed by atoms with van der Waals surface area (Å²) in [6.45, 7) is 2.50. The minimum absolute atomic E-state index is 0. The lowest BCUT2D eigenvalue weighted by Gasteiger charge is -2.05. The van der Waals surface area contributed by atoms with E-state index < -0.39 is 11.7 Å². The number of hydrogen-bond acceptors (Lipinski definition) is 6. The molecule has 1 aromatic heterocycles. The van der Waals surface area contributed by atoms with Crippen molar-refractivity contribution in [3.63, 3.8) is 0 Å². The minimum Gasteiger partial charge on any atom is -0.383 e. The third-order valence-electron chi connectivity index (χ3n) is 3.34. The highest BCUT2D eigenvalue weighted by molar-refractivity contribution is 7.14. The zero-order valence-corrected chi connectivity index (χ0v) is 17.6. The number of methoxy groups -OCH3 is 1. The quantitative estimate of drug-likeness (QED) is 0.480. The summed E-state index contributed by atoms with van der Waals surface area (Å²) in [6, 6.07) is 5.71. The molecule has 156 valence electrons. The van der Waals surface area contributed by atoms with Gasteiger partial charge in [0.1, 0.15) is 5.82 Å². The van der Waals surface area contributed by atoms with Crippen molar-refractivity contribution < 1.29 is 18.7 Å². The Morgan fingerprint density at radius 2 is 1.93 bits per heavy atom. The number of thiazole rings is 1. The number of hydrogen-bond donors (Lipinski definition) is 3. The molecule has 0 spiro atoms. The van der Waals surface area contributed by atoms with Crippen LogP contribution >= 0.6 is 36.2 Å². The molecule has 7 nitrogen and oxygen atoms in total. The van der Waals surface area contributed by atoms with Crippen LogP contribution in [0, 0.1) is 5.82 Å². The van der Waals surface area contributed by atoms with E-state index in [-0.39, 0.29) is 42.7 Å². The first-order valence-corrected chi connectivity index (χ1v) is 8.94. The van der Waals surface area contributed by atoms with Crippen molar-refractivity contribution in [3.8, 4) is 0 Å². The Morgan fingerprint density at radius 1 is 1.18 bits per heavy atom. The van der Waals surface area contributed by atoms with E-state index in [0.717, 1.165) is 6.54 Å². The molecule has 0 bridgehead atoms. The van der Waals surface area contributed by atoms with E-state index in [2.05, 4.69) is 20.9 Å². The number of carbonyl (C=O) groups is 2. The molecule has 0 aliphatic carbocycles. The van der Waals surface area contributed by atoms with E-state index in [9.17, 15) is 14.0 Å². The lowest BCUT2D eigenvalue weighted by atomic mass is 10.2. The number of carbonyl (C=O) groups excluding carboxylic acids is 2. The monoisotopic (exact) mass is 452 g/mol. The minimum atomic E-state index is -0.597. The highest BCUT2D eigenvalue weighted by Crippen LogP contribution is 2.17. The number of amides is 2. The fourth-order valence-corrected chi connectivity index (χ4v) is 2.78. The summed E-state index contributed by atoms with van der Waals surface area (Å²) in [5.74, 6) is -1.33. The Morgan fingerprint density at radius 3 is 2.64 bits per heavy atom. The van der Waals surface area contributed by atoms with Crippen LogP contribution < -0.4 is 16.0 Å². The van der Waals surface area contributed by atoms with Crippen LogP contribution in [0.5, 0.6) is 0 Å². The van der Waals surface area contributed by atoms with Gasteiger partial charge in [0.25, 0.3) is 5.91 Å². The third-order valence-corrected chi connectivity index (χ3v) is 4.15. The first-order chi connectivity index (χ1) is 12.6. The summed E-state index contributed by atoms with van der Waals surface area (Å²) in [5.41, 5.74) is 0.492. The van der Waals surface area contributed by atoms with E-state index in [1.807, 2.05) is 0 Å². The smallest absolute Gasteiger partial charge is 0.260 e. The predicted octanol–water partition coefficient (Wildman–Crippen LogP) is 2.27. The van der Waals surface area contributed by atoms with E-state index >= 15 is 0 Å². The topological polar surface area (TPSA) is 92.4 Å². The van der Waals surface area contributed by atoms with Crippen molar-refractivity contribution in [1.82, 2.24) is 15.6 Å². The zero-order chi connectivity index (χ0) is 18.8. The molecule has 28 heavy (non-hydrogen) atoms. The zero-order valence-electron chi connectivity index (χ0n) is 15.2. The predicted molar refractivity (Wildman–Crippen MR) is 112 cm³/mol. The number of ether oxygens (including phenoxy) is 1. The number of rotatable bonds is 10. The van der Waals surface area contributed by atoms with E-state index in [1.165, 1.54) is 29.5 Å². The third kappa shape index (κ3) is 8.94. The molecular weight excluding hydrogens is 430 g/mol. The van der Waals surface area contributed by atoms with Crippen molar-refractivity contribution in [2.24, 2.45) is 0 Å². The summed E-state index contributed by atoms with van der Waals surface area (Å²) in [7, 11) is 1.63. The van der Waals surface area contributed by atoms with Crippen molar-refractivity contribution >= 4 is 53.1 Å². The lowest BCUT2D eigenvalue weighted by molar-refractivity contribution is -0.120. The van der Waals surface area contributed by atoms with E-state index in [4.69, 9.17) is 4.74 Å². The molecule has 1 aromatic carbocycles. The summed E-state index contributed by atoms with van der Waals surface area (Å²) in [4.78, 5) is 28.1. The van der Waals surface area contributed by atoms with Crippen LogP contribution in [0.1, 0.15) is 16.1 Å². The van der Waals surface area contributed by atoms with Gasteiger partial charge >= 0.3 is 0 Å². The van der Waals surface area contributed by atoms with E-state index in [0.29, 0.717) is 30.5 Å². The summed E-state index contributed by atoms with van der Waals surface area (Å²) >= 11 is 1.19. The van der Waals surface area contributed by atoms with Crippen LogP contribution in [-0.4, -0.2) is 50.1 Å². The fourth-order valence-electron chi connectivity index (χ4n) is 2.07. The number of nitrogens with zero attached hydrogens (tertiary/aromatic N) is 1. The molecule has 0 saturated carbocycles. The molecule has 1 heterocycles. The molecule has 11 heteroatoms. The molecule has 0 saturated heterocycles. The SMILES string of the molecule is COCCNCCNC(=O)Cc1csc(NC(=O)c2ccccc2F)n1.Cl.Cl. The van der Waals surface area contributed by atoms with Crippen LogP contribution in [-0.2, 0) is 16.0 Å². The second-order valence-electron chi connectivity index (χ2n) is 5.35. The molecule has 2 aromatic rings. The molecule has 0 fully saturated rings. The molecule has 0 aliphatic rings. The normalized spacial score (nSPS) is 9.79. The van der Waals surface area contributed by atoms with Crippen LogP contribution in [0.3, 0.4) is 0 Å². The Kier molecular flexibility index (Phi) is 13.3. The van der Waals surface area contributed by atoms with Crippen LogP contribution in [0.25, 0.3) is 0 Å². The van der Waals surface area contributed by atoms with Crippen molar-refractivity contribution in [3.05, 3.63) is 46.7 Å². The van der Waals surface area contributed by atoms with Gasteiger partial charge in [0.2, 0.25) is 5.91 Å². The van der Waals surface area contributed by atoms with Gasteiger partial charge < -0.3 is 15.4 Å². The summed E-state index contributed by atoms with van der Waals surface area (Å²) < 4.78 is 18.5. The van der Waals surface area contributed by atoms with Gasteiger partial charge in [-0.2, -0.15) is 0 Å². The first-order valence-electron chi connectivity index (χ1n) is 8.06. The van der Waals surface area contributed by atoms with Gasteiger partial charge in [0.05, 0.1) is 24.3 Å². The molecule has 0 aliphatic heterocycles. The van der Waals surface area contributed by atoms with Gasteiger partial charge in [-0.3, -0.25) is 14.9 Å². The van der Waals surface area contributed by atoms with Crippen LogP contribution in [0.2, 0.25) is 0 Å². The lowest BCUT2D eigenvalue weighted by Crippen LogP contribution is -2.33. The van der Waals surface area contributed by atoms with Crippen molar-refractivity contribution in [2.45, 2.75) is 6.42 Å². The Hall–Kier alpha value is -1.78. The number of halogens is 3. The average molecular weight is 453 g/mol. The fraction of sp³-hybridized carbons (Fsp3) is 0.353. The Labute approximate surface area is 179 Å². The standard InChI is InChI=1S/C17H21FN4O3S.2ClH/c1-25-9-8-19-6-7-20-15(23)10-12-11-26-17(21-12)22-16(24)13-4-2-3-5-14(13)18;;/h2-5,11,19H,6-10H2,1H3,(H,20,23)(H,21,22,24);2*1H. The molecule has 0 unspecified atom stereocenters. The summed E-state index contributed by atoms with van der Waals surface area (Å²) in [6.07, 6.45) is 0.115. The van der Waals surface area contributed by atoms with E-state index in [1.54, 1.807) is 18.6 Å². The maximum Gasteiger partial charge on any atom is 0.260 e. The maximum atomic E-state index is 13.6. The van der Waals surface area contributed by atoms with Gasteiger partial charge in [-0.15, -0.1) is 36.2 Å². The molecule has 0 atom stereocenters. The number of benzene rings is 1. The Balaban J connectivity index is 0.00000364. The number of anilines is 1. The molecular formula is C17H23Cl2FN4O3S. The molecule has 2 rings (SSSR count). The van der Waals surface area contributed by atoms with Crippen molar-refractivity contribution in [2.75, 3.05) is 38.7 Å². The van der Waals surface area contributed by atoms with Gasteiger partial charge in [-0.1, -0.05) is 12.1 Å². The van der Waals surface area contributed by atoms with Gasteiger partial charge in [-0.05, 0) is 12.1 Å². The number of nitrogens with one attached hydrogen (secondary N) is 3. The molecule has 0 radical (unpaired) electrons. The Bertz CT molecular complexity index is 749. The molecule has 2 amide bonds. The summed E-state index contributed by atoms with van der Waals surface area (Å²) in [5, 5.41) is 10.4. The molecule has 3 N–H and O–H groups in total. The van der Waals surface area contributed by atoms with Crippen LogP contribution in [0.4, 0.5) is 9.52 Å². The highest BCUT2D eigenvalue weighted by atomic mass is 35.5. The average Bonchev–Trinajstić information content (AvgIpc) is 3.05. The second kappa shape index (κ2) is 14.3. The second-order valence-corrected chi connectivity index (χ2v) is 6.21. The van der Waals surface area contributed by atoms with Crippen molar-refractivity contribution in [1.29, 1.82) is 0 Å². The van der Waals surface area contributed by atoms with Crippen LogP contribution in [0.15, 0.2) is 29.6 Å².